The lowest BCUT2D eigenvalue weighted by molar-refractivity contribution is -0.130. The lowest BCUT2D eigenvalue weighted by atomic mass is 9.89. The Morgan fingerprint density at radius 1 is 1.07 bits per heavy atom. The molecular weight excluding hydrogens is 403 g/mol. The molecule has 2 aliphatic rings. The van der Waals surface area contributed by atoms with Gasteiger partial charge in [-0.2, -0.15) is 0 Å². The van der Waals surface area contributed by atoms with Gasteiger partial charge in [-0.1, -0.05) is 24.3 Å². The van der Waals surface area contributed by atoms with Gasteiger partial charge < -0.3 is 9.64 Å². The normalized spacial score (nSPS) is 23.2. The fourth-order valence-electron chi connectivity index (χ4n) is 5.02. The monoisotopic (exact) mass is 432 g/mol. The fraction of sp³-hybridized carbons (Fsp3) is 0.458. The second-order valence-corrected chi connectivity index (χ2v) is 8.36. The van der Waals surface area contributed by atoms with Crippen LogP contribution in [0.3, 0.4) is 0 Å². The molecule has 0 aliphatic carbocycles. The molecule has 6 heteroatoms. The Bertz CT molecular complexity index is 843. The van der Waals surface area contributed by atoms with Crippen LogP contribution in [-0.4, -0.2) is 49.5 Å². The zero-order valence-electron chi connectivity index (χ0n) is 17.6. The quantitative estimate of drug-likeness (QED) is 0.680. The number of hydrogen-bond donors (Lipinski definition) is 0. The molecular formula is C24H30ClFN2O2. The molecule has 162 valence electrons. The van der Waals surface area contributed by atoms with E-state index in [1.54, 1.807) is 19.2 Å². The predicted octanol–water partition coefficient (Wildman–Crippen LogP) is 4.34. The van der Waals surface area contributed by atoms with Crippen molar-refractivity contribution in [2.24, 2.45) is 11.8 Å². The largest absolute Gasteiger partial charge is 0.497 e. The Hall–Kier alpha value is -2.11. The van der Waals surface area contributed by atoms with Gasteiger partial charge in [0.1, 0.15) is 11.6 Å². The Labute approximate surface area is 184 Å². The smallest absolute Gasteiger partial charge is 0.222 e. The van der Waals surface area contributed by atoms with Crippen molar-refractivity contribution in [3.05, 3.63) is 65.5 Å². The summed E-state index contributed by atoms with van der Waals surface area (Å²) in [5.41, 5.74) is 2.38. The molecule has 2 aliphatic heterocycles. The third-order valence-corrected chi connectivity index (χ3v) is 6.47. The average Bonchev–Trinajstić information content (AvgIpc) is 3.26. The number of carbonyl (C=O) groups is 1. The summed E-state index contributed by atoms with van der Waals surface area (Å²) in [7, 11) is 3.87. The van der Waals surface area contributed by atoms with Crippen LogP contribution in [-0.2, 0) is 11.2 Å². The number of nitrogens with zero attached hydrogens (tertiary/aromatic N) is 2. The minimum atomic E-state index is -0.218. The Balaban J connectivity index is 0.00000256. The van der Waals surface area contributed by atoms with Gasteiger partial charge in [0.15, 0.2) is 0 Å². The second-order valence-electron chi connectivity index (χ2n) is 8.36. The van der Waals surface area contributed by atoms with E-state index in [1.807, 2.05) is 12.1 Å². The summed E-state index contributed by atoms with van der Waals surface area (Å²) in [6.07, 6.45) is 2.17. The minimum Gasteiger partial charge on any atom is -0.497 e. The van der Waals surface area contributed by atoms with Gasteiger partial charge in [0, 0.05) is 38.0 Å². The van der Waals surface area contributed by atoms with Crippen LogP contribution < -0.4 is 4.74 Å². The number of amides is 1. The maximum Gasteiger partial charge on any atom is 0.222 e. The van der Waals surface area contributed by atoms with Crippen molar-refractivity contribution in [2.45, 2.75) is 25.3 Å². The first-order chi connectivity index (χ1) is 14.0. The van der Waals surface area contributed by atoms with Crippen molar-refractivity contribution in [2.75, 3.05) is 33.8 Å². The van der Waals surface area contributed by atoms with Gasteiger partial charge in [0.05, 0.1) is 7.11 Å². The van der Waals surface area contributed by atoms with Crippen LogP contribution in [0.5, 0.6) is 5.75 Å². The van der Waals surface area contributed by atoms with Crippen LogP contribution >= 0.6 is 12.4 Å². The number of carbonyl (C=O) groups excluding carboxylic acids is 1. The van der Waals surface area contributed by atoms with E-state index in [4.69, 9.17) is 4.74 Å². The van der Waals surface area contributed by atoms with Gasteiger partial charge in [-0.3, -0.25) is 9.69 Å². The van der Waals surface area contributed by atoms with E-state index in [0.29, 0.717) is 24.3 Å². The summed E-state index contributed by atoms with van der Waals surface area (Å²) in [5.74, 6) is 1.92. The summed E-state index contributed by atoms with van der Waals surface area (Å²) in [6, 6.07) is 15.2. The number of methoxy groups -OCH3 is 1. The van der Waals surface area contributed by atoms with Crippen molar-refractivity contribution in [1.82, 2.24) is 9.80 Å². The van der Waals surface area contributed by atoms with E-state index in [-0.39, 0.29) is 24.1 Å². The molecule has 2 saturated heterocycles. The highest BCUT2D eigenvalue weighted by Crippen LogP contribution is 2.44. The number of ether oxygens (including phenoxy) is 1. The summed E-state index contributed by atoms with van der Waals surface area (Å²) >= 11 is 0. The highest BCUT2D eigenvalue weighted by Gasteiger charge is 2.46. The Morgan fingerprint density at radius 2 is 1.77 bits per heavy atom. The molecule has 30 heavy (non-hydrogen) atoms. The first-order valence-electron chi connectivity index (χ1n) is 10.4. The molecule has 4 rings (SSSR count). The highest BCUT2D eigenvalue weighted by atomic mass is 35.5. The summed E-state index contributed by atoms with van der Waals surface area (Å²) in [4.78, 5) is 17.2. The van der Waals surface area contributed by atoms with Gasteiger partial charge in [0.25, 0.3) is 0 Å². The second kappa shape index (κ2) is 9.80. The van der Waals surface area contributed by atoms with Crippen LogP contribution in [0.2, 0.25) is 0 Å². The number of hydrogen-bond acceptors (Lipinski definition) is 3. The molecule has 4 nitrogen and oxygen atoms in total. The maximum atomic E-state index is 13.0. The molecule has 0 aromatic heterocycles. The Morgan fingerprint density at radius 3 is 2.43 bits per heavy atom. The average molecular weight is 433 g/mol. The SMILES string of the molecule is COc1ccc([C@H]2[C@@H]3CN(C(=O)CCCc4ccc(F)cc4)C[C@@H]3CN2C)cc1.Cl. The van der Waals surface area contributed by atoms with Crippen molar-refractivity contribution in [3.8, 4) is 5.75 Å². The number of benzene rings is 2. The van der Waals surface area contributed by atoms with Crippen molar-refractivity contribution < 1.29 is 13.9 Å². The van der Waals surface area contributed by atoms with Gasteiger partial charge in [-0.25, -0.2) is 4.39 Å². The van der Waals surface area contributed by atoms with Crippen LogP contribution in [0.4, 0.5) is 4.39 Å². The summed E-state index contributed by atoms with van der Waals surface area (Å²) in [6.45, 7) is 2.72. The molecule has 0 radical (unpaired) electrons. The molecule has 2 aromatic rings. The molecule has 1 amide bonds. The summed E-state index contributed by atoms with van der Waals surface area (Å²) < 4.78 is 18.3. The number of halogens is 2. The van der Waals surface area contributed by atoms with E-state index in [0.717, 1.165) is 43.8 Å². The van der Waals surface area contributed by atoms with Crippen LogP contribution in [0, 0.1) is 17.7 Å². The lowest BCUT2D eigenvalue weighted by Crippen LogP contribution is -2.33. The van der Waals surface area contributed by atoms with Gasteiger partial charge in [-0.15, -0.1) is 12.4 Å². The van der Waals surface area contributed by atoms with Crippen molar-refractivity contribution >= 4 is 18.3 Å². The third-order valence-electron chi connectivity index (χ3n) is 6.47. The lowest BCUT2D eigenvalue weighted by Gasteiger charge is -2.27. The van der Waals surface area contributed by atoms with Crippen molar-refractivity contribution in [1.29, 1.82) is 0 Å². The Kier molecular flexibility index (Phi) is 7.37. The van der Waals surface area contributed by atoms with Crippen LogP contribution in [0.25, 0.3) is 0 Å². The zero-order chi connectivity index (χ0) is 20.4. The van der Waals surface area contributed by atoms with E-state index >= 15 is 0 Å². The standard InChI is InChI=1S/C24H29FN2O2.ClH/c1-26-14-19-15-27(23(28)5-3-4-17-6-10-20(25)11-7-17)16-22(19)24(26)18-8-12-21(29-2)13-9-18;/h6-13,19,22,24H,3-5,14-16H2,1-2H3;1H/t19-,22+,24-;/m0./s1. The third kappa shape index (κ3) is 4.79. The molecule has 0 bridgehead atoms. The number of fused-ring (bicyclic) bond motifs is 1. The predicted molar refractivity (Wildman–Crippen MR) is 119 cm³/mol. The van der Waals surface area contributed by atoms with Gasteiger partial charge >= 0.3 is 0 Å². The van der Waals surface area contributed by atoms with E-state index in [1.165, 1.54) is 17.7 Å². The minimum absolute atomic E-state index is 0. The van der Waals surface area contributed by atoms with Gasteiger partial charge in [0.2, 0.25) is 5.91 Å². The zero-order valence-corrected chi connectivity index (χ0v) is 18.4. The molecule has 0 saturated carbocycles. The van der Waals surface area contributed by atoms with Crippen LogP contribution in [0.15, 0.2) is 48.5 Å². The molecule has 0 spiro atoms. The summed E-state index contributed by atoms with van der Waals surface area (Å²) in [5, 5.41) is 0. The van der Waals surface area contributed by atoms with E-state index in [2.05, 4.69) is 29.0 Å². The first-order valence-corrected chi connectivity index (χ1v) is 10.4. The molecule has 0 N–H and O–H groups in total. The molecule has 2 aromatic carbocycles. The number of rotatable bonds is 6. The van der Waals surface area contributed by atoms with E-state index < -0.39 is 0 Å². The van der Waals surface area contributed by atoms with E-state index in [9.17, 15) is 9.18 Å². The fourth-order valence-corrected chi connectivity index (χ4v) is 5.02. The maximum absolute atomic E-state index is 13.0. The number of likely N-dealkylation sites (tertiary alicyclic amines) is 2. The van der Waals surface area contributed by atoms with Gasteiger partial charge in [-0.05, 0) is 61.2 Å². The molecule has 0 unspecified atom stereocenters. The highest BCUT2D eigenvalue weighted by molar-refractivity contribution is 5.85. The topological polar surface area (TPSA) is 32.8 Å². The molecule has 2 heterocycles. The molecule has 3 atom stereocenters. The van der Waals surface area contributed by atoms with Crippen LogP contribution in [0.1, 0.15) is 30.0 Å². The van der Waals surface area contributed by atoms with Crippen molar-refractivity contribution in [3.63, 3.8) is 0 Å². The number of aryl methyl sites for hydroxylation is 1. The first kappa shape index (κ1) is 22.6. The molecule has 2 fully saturated rings.